The van der Waals surface area contributed by atoms with Crippen molar-refractivity contribution in [3.63, 3.8) is 0 Å². The van der Waals surface area contributed by atoms with Gasteiger partial charge in [0.2, 0.25) is 0 Å². The number of nitrogens with zero attached hydrogens (tertiary/aromatic N) is 4. The predicted molar refractivity (Wildman–Crippen MR) is 92.5 cm³/mol. The Balaban J connectivity index is 1.47. The van der Waals surface area contributed by atoms with Gasteiger partial charge >= 0.3 is 0 Å². The van der Waals surface area contributed by atoms with Crippen molar-refractivity contribution in [2.24, 2.45) is 5.92 Å². The van der Waals surface area contributed by atoms with E-state index in [4.69, 9.17) is 9.84 Å². The number of fused-ring (bicyclic) bond motifs is 1. The van der Waals surface area contributed by atoms with E-state index in [1.165, 1.54) is 29.7 Å². The molecular weight excluding hydrogens is 300 g/mol. The minimum Gasteiger partial charge on any atom is -0.380 e. The Kier molecular flexibility index (Phi) is 4.63. The molecule has 24 heavy (non-hydrogen) atoms. The average Bonchev–Trinajstić information content (AvgIpc) is 3.32. The first-order valence-corrected chi connectivity index (χ1v) is 9.07. The monoisotopic (exact) mass is 326 g/mol. The lowest BCUT2D eigenvalue weighted by molar-refractivity contribution is 0.0881. The molecule has 0 aromatic carbocycles. The van der Waals surface area contributed by atoms with Crippen molar-refractivity contribution in [2.75, 3.05) is 19.8 Å². The molecular formula is C19H26N4O. The summed E-state index contributed by atoms with van der Waals surface area (Å²) in [4.78, 5) is 6.73. The maximum absolute atomic E-state index is 6.01. The van der Waals surface area contributed by atoms with Crippen LogP contribution in [0.25, 0.3) is 0 Å². The standard InChI is InChI=1S/C19H26N4O/c1-2-23-12-17-10-22(9-16-4-3-7-20-8-16)11-18(19(17)21-23)14-24-13-15-5-6-15/h3-4,7-8,12,15,18H,2,5-6,9-11,13-14H2,1H3/t18-/m0/s1. The summed E-state index contributed by atoms with van der Waals surface area (Å²) in [5.74, 6) is 1.18. The van der Waals surface area contributed by atoms with E-state index < -0.39 is 0 Å². The van der Waals surface area contributed by atoms with E-state index in [0.717, 1.165) is 45.3 Å². The van der Waals surface area contributed by atoms with Crippen molar-refractivity contribution in [3.8, 4) is 0 Å². The van der Waals surface area contributed by atoms with Crippen LogP contribution < -0.4 is 0 Å². The molecule has 2 aromatic rings. The van der Waals surface area contributed by atoms with E-state index in [2.05, 4.69) is 33.8 Å². The van der Waals surface area contributed by atoms with Crippen LogP contribution in [0.5, 0.6) is 0 Å². The summed E-state index contributed by atoms with van der Waals surface area (Å²) in [6, 6.07) is 4.16. The lowest BCUT2D eigenvalue weighted by atomic mass is 9.97. The second kappa shape index (κ2) is 7.03. The molecule has 0 radical (unpaired) electrons. The Hall–Kier alpha value is -1.72. The zero-order valence-corrected chi connectivity index (χ0v) is 14.4. The third kappa shape index (κ3) is 3.68. The molecule has 0 spiro atoms. The SMILES string of the molecule is CCn1cc2c(n1)[C@H](COCC1CC1)CN(Cc1cccnc1)C2. The predicted octanol–water partition coefficient (Wildman–Crippen LogP) is 2.82. The Morgan fingerprint density at radius 2 is 2.21 bits per heavy atom. The molecule has 1 aliphatic heterocycles. The molecule has 5 heteroatoms. The van der Waals surface area contributed by atoms with Crippen molar-refractivity contribution in [1.82, 2.24) is 19.7 Å². The van der Waals surface area contributed by atoms with Gasteiger partial charge < -0.3 is 4.74 Å². The maximum atomic E-state index is 6.01. The molecule has 0 N–H and O–H groups in total. The normalized spacial score (nSPS) is 21.0. The largest absolute Gasteiger partial charge is 0.380 e. The lowest BCUT2D eigenvalue weighted by Gasteiger charge is -2.31. The van der Waals surface area contributed by atoms with Gasteiger partial charge in [0.15, 0.2) is 0 Å². The van der Waals surface area contributed by atoms with Crippen LogP contribution in [0.1, 0.15) is 42.5 Å². The quantitative estimate of drug-likeness (QED) is 0.785. The Bertz CT molecular complexity index is 665. The fraction of sp³-hybridized carbons (Fsp3) is 0.579. The molecule has 1 fully saturated rings. The number of hydrogen-bond acceptors (Lipinski definition) is 4. The fourth-order valence-electron chi connectivity index (χ4n) is 3.47. The highest BCUT2D eigenvalue weighted by Gasteiger charge is 2.29. The van der Waals surface area contributed by atoms with Crippen LogP contribution in [0.3, 0.4) is 0 Å². The van der Waals surface area contributed by atoms with E-state index in [0.29, 0.717) is 5.92 Å². The van der Waals surface area contributed by atoms with Crippen LogP contribution in [-0.4, -0.2) is 39.4 Å². The molecule has 0 bridgehead atoms. The third-order valence-corrected chi connectivity index (χ3v) is 4.95. The Morgan fingerprint density at radius 1 is 1.29 bits per heavy atom. The molecule has 0 unspecified atom stereocenters. The van der Waals surface area contributed by atoms with E-state index in [1.807, 2.05) is 18.5 Å². The van der Waals surface area contributed by atoms with Gasteiger partial charge in [0, 0.05) is 62.9 Å². The molecule has 2 aliphatic rings. The molecule has 1 aliphatic carbocycles. The van der Waals surface area contributed by atoms with E-state index >= 15 is 0 Å². The highest BCUT2D eigenvalue weighted by molar-refractivity contribution is 5.25. The number of hydrogen-bond donors (Lipinski definition) is 0. The highest BCUT2D eigenvalue weighted by atomic mass is 16.5. The van der Waals surface area contributed by atoms with Crippen LogP contribution in [0, 0.1) is 5.92 Å². The van der Waals surface area contributed by atoms with Gasteiger partial charge in [-0.1, -0.05) is 6.07 Å². The molecule has 1 atom stereocenters. The molecule has 128 valence electrons. The number of aromatic nitrogens is 3. The topological polar surface area (TPSA) is 43.2 Å². The van der Waals surface area contributed by atoms with Gasteiger partial charge in [-0.05, 0) is 37.3 Å². The molecule has 0 saturated heterocycles. The van der Waals surface area contributed by atoms with Crippen LogP contribution in [0.15, 0.2) is 30.7 Å². The van der Waals surface area contributed by atoms with Crippen LogP contribution in [0.4, 0.5) is 0 Å². The molecule has 1 saturated carbocycles. The van der Waals surface area contributed by atoms with E-state index in [9.17, 15) is 0 Å². The van der Waals surface area contributed by atoms with Gasteiger partial charge in [0.25, 0.3) is 0 Å². The second-order valence-electron chi connectivity index (χ2n) is 7.10. The summed E-state index contributed by atoms with van der Waals surface area (Å²) in [6.45, 7) is 7.67. The van der Waals surface area contributed by atoms with E-state index in [1.54, 1.807) is 0 Å². The summed E-state index contributed by atoms with van der Waals surface area (Å²) >= 11 is 0. The van der Waals surface area contributed by atoms with E-state index in [-0.39, 0.29) is 0 Å². The van der Waals surface area contributed by atoms with Gasteiger partial charge in [-0.2, -0.15) is 5.10 Å². The summed E-state index contributed by atoms with van der Waals surface area (Å²) in [7, 11) is 0. The smallest absolute Gasteiger partial charge is 0.0736 e. The number of ether oxygens (including phenoxy) is 1. The molecule has 2 aromatic heterocycles. The number of rotatable bonds is 7. The van der Waals surface area contributed by atoms with Crippen molar-refractivity contribution in [3.05, 3.63) is 47.5 Å². The number of aryl methyl sites for hydroxylation is 1. The summed E-state index contributed by atoms with van der Waals surface area (Å²) in [5.41, 5.74) is 3.86. The minimum absolute atomic E-state index is 0.372. The zero-order valence-electron chi connectivity index (χ0n) is 14.4. The second-order valence-corrected chi connectivity index (χ2v) is 7.10. The van der Waals surface area contributed by atoms with Gasteiger partial charge in [-0.25, -0.2) is 0 Å². The average molecular weight is 326 g/mol. The Labute approximate surface area is 143 Å². The maximum Gasteiger partial charge on any atom is 0.0736 e. The minimum atomic E-state index is 0.372. The zero-order chi connectivity index (χ0) is 16.4. The lowest BCUT2D eigenvalue weighted by Crippen LogP contribution is -2.35. The summed E-state index contributed by atoms with van der Waals surface area (Å²) in [6.07, 6.45) is 8.68. The number of pyridine rings is 1. The first kappa shape index (κ1) is 15.8. The summed E-state index contributed by atoms with van der Waals surface area (Å²) in [5, 5.41) is 4.80. The van der Waals surface area contributed by atoms with Crippen molar-refractivity contribution >= 4 is 0 Å². The first-order valence-electron chi connectivity index (χ1n) is 9.07. The highest BCUT2D eigenvalue weighted by Crippen LogP contribution is 2.31. The van der Waals surface area contributed by atoms with Crippen molar-refractivity contribution < 1.29 is 4.74 Å². The van der Waals surface area contributed by atoms with Gasteiger partial charge in [0.05, 0.1) is 12.3 Å². The van der Waals surface area contributed by atoms with Gasteiger partial charge in [0.1, 0.15) is 0 Å². The van der Waals surface area contributed by atoms with Crippen LogP contribution in [-0.2, 0) is 24.4 Å². The van der Waals surface area contributed by atoms with Crippen molar-refractivity contribution in [1.29, 1.82) is 0 Å². The van der Waals surface area contributed by atoms with Gasteiger partial charge in [-0.15, -0.1) is 0 Å². The summed E-state index contributed by atoms with van der Waals surface area (Å²) < 4.78 is 8.07. The third-order valence-electron chi connectivity index (χ3n) is 4.95. The van der Waals surface area contributed by atoms with Crippen molar-refractivity contribution in [2.45, 2.75) is 45.3 Å². The Morgan fingerprint density at radius 3 is 2.96 bits per heavy atom. The van der Waals surface area contributed by atoms with Crippen LogP contribution >= 0.6 is 0 Å². The molecule has 0 amide bonds. The van der Waals surface area contributed by atoms with Crippen LogP contribution in [0.2, 0.25) is 0 Å². The molecule has 3 heterocycles. The van der Waals surface area contributed by atoms with Gasteiger partial charge in [-0.3, -0.25) is 14.6 Å². The first-order chi connectivity index (χ1) is 11.8. The fourth-order valence-corrected chi connectivity index (χ4v) is 3.47. The molecule has 4 rings (SSSR count). The molecule has 5 nitrogen and oxygen atoms in total.